The number of aromatic hydroxyl groups is 1. The van der Waals surface area contributed by atoms with Crippen LogP contribution in [-0.2, 0) is 4.79 Å². The van der Waals surface area contributed by atoms with Gasteiger partial charge in [-0.25, -0.2) is 0 Å². The molecule has 2 rings (SSSR count). The van der Waals surface area contributed by atoms with Crippen LogP contribution in [-0.4, -0.2) is 16.0 Å². The highest BCUT2D eigenvalue weighted by molar-refractivity contribution is 5.92. The number of amides is 1. The predicted molar refractivity (Wildman–Crippen MR) is 66.3 cm³/mol. The molecule has 0 aliphatic heterocycles. The molecule has 2 N–H and O–H groups in total. The van der Waals surface area contributed by atoms with Gasteiger partial charge < -0.3 is 14.8 Å². The molecule has 2 aromatic rings. The van der Waals surface area contributed by atoms with Crippen LogP contribution in [0.4, 0.5) is 5.69 Å². The van der Waals surface area contributed by atoms with E-state index < -0.39 is 0 Å². The molecule has 0 saturated carbocycles. The first-order valence-corrected chi connectivity index (χ1v) is 5.63. The molecule has 18 heavy (non-hydrogen) atoms. The standard InChI is InChI=1S/C13H14N2O3/c1-9(12-3-2-6-18-12)7-13(17)15-10-4-5-14-8-11(10)16/h2-6,8-9,16H,7H2,1H3,(H,14,15,17). The Kier molecular flexibility index (Phi) is 3.62. The number of pyridine rings is 1. The van der Waals surface area contributed by atoms with Crippen molar-refractivity contribution in [3.05, 3.63) is 42.6 Å². The van der Waals surface area contributed by atoms with Crippen LogP contribution >= 0.6 is 0 Å². The Labute approximate surface area is 104 Å². The molecular weight excluding hydrogens is 232 g/mol. The van der Waals surface area contributed by atoms with Crippen LogP contribution in [0.5, 0.6) is 5.75 Å². The third-order valence-electron chi connectivity index (χ3n) is 2.59. The largest absolute Gasteiger partial charge is 0.504 e. The average Bonchev–Trinajstić information content (AvgIpc) is 2.85. The van der Waals surface area contributed by atoms with E-state index in [2.05, 4.69) is 10.3 Å². The van der Waals surface area contributed by atoms with Crippen molar-refractivity contribution in [1.82, 2.24) is 4.98 Å². The zero-order valence-corrected chi connectivity index (χ0v) is 9.96. The van der Waals surface area contributed by atoms with E-state index in [4.69, 9.17) is 4.42 Å². The maximum atomic E-state index is 11.8. The van der Waals surface area contributed by atoms with Crippen molar-refractivity contribution in [3.63, 3.8) is 0 Å². The van der Waals surface area contributed by atoms with Gasteiger partial charge in [0.2, 0.25) is 5.91 Å². The molecule has 0 fully saturated rings. The molecule has 2 aromatic heterocycles. The van der Waals surface area contributed by atoms with Crippen LogP contribution in [0.25, 0.3) is 0 Å². The second kappa shape index (κ2) is 5.35. The minimum Gasteiger partial charge on any atom is -0.504 e. The fourth-order valence-corrected chi connectivity index (χ4v) is 1.64. The van der Waals surface area contributed by atoms with Crippen LogP contribution in [0.1, 0.15) is 25.0 Å². The fourth-order valence-electron chi connectivity index (χ4n) is 1.64. The van der Waals surface area contributed by atoms with E-state index >= 15 is 0 Å². The highest BCUT2D eigenvalue weighted by Gasteiger charge is 2.14. The van der Waals surface area contributed by atoms with Gasteiger partial charge in [0.15, 0.2) is 5.75 Å². The van der Waals surface area contributed by atoms with E-state index in [1.54, 1.807) is 18.4 Å². The number of nitrogens with one attached hydrogen (secondary N) is 1. The molecule has 0 aliphatic carbocycles. The smallest absolute Gasteiger partial charge is 0.225 e. The third kappa shape index (κ3) is 2.88. The van der Waals surface area contributed by atoms with E-state index in [0.717, 1.165) is 5.76 Å². The Balaban J connectivity index is 1.95. The summed E-state index contributed by atoms with van der Waals surface area (Å²) in [6, 6.07) is 5.17. The number of carbonyl (C=O) groups excluding carboxylic acids is 1. The van der Waals surface area contributed by atoms with E-state index in [-0.39, 0.29) is 24.0 Å². The summed E-state index contributed by atoms with van der Waals surface area (Å²) in [5.41, 5.74) is 0.363. The second-order valence-electron chi connectivity index (χ2n) is 4.06. The van der Waals surface area contributed by atoms with Gasteiger partial charge in [0.05, 0.1) is 18.1 Å². The van der Waals surface area contributed by atoms with E-state index in [1.807, 2.05) is 13.0 Å². The highest BCUT2D eigenvalue weighted by Crippen LogP contribution is 2.23. The lowest BCUT2D eigenvalue weighted by Crippen LogP contribution is -2.14. The third-order valence-corrected chi connectivity index (χ3v) is 2.59. The molecule has 0 aromatic carbocycles. The van der Waals surface area contributed by atoms with Crippen molar-refractivity contribution in [1.29, 1.82) is 0 Å². The summed E-state index contributed by atoms with van der Waals surface area (Å²) in [6.45, 7) is 1.91. The van der Waals surface area contributed by atoms with Gasteiger partial charge in [-0.15, -0.1) is 0 Å². The average molecular weight is 246 g/mol. The number of hydrogen-bond donors (Lipinski definition) is 2. The van der Waals surface area contributed by atoms with Gasteiger partial charge in [0.25, 0.3) is 0 Å². The number of nitrogens with zero attached hydrogens (tertiary/aromatic N) is 1. The van der Waals surface area contributed by atoms with Crippen molar-refractivity contribution in [2.75, 3.05) is 5.32 Å². The summed E-state index contributed by atoms with van der Waals surface area (Å²) in [5, 5.41) is 12.1. The van der Waals surface area contributed by atoms with E-state index in [9.17, 15) is 9.90 Å². The zero-order chi connectivity index (χ0) is 13.0. The molecule has 0 bridgehead atoms. The van der Waals surface area contributed by atoms with Gasteiger partial charge in [-0.2, -0.15) is 0 Å². The first kappa shape index (κ1) is 12.2. The molecule has 0 aliphatic rings. The van der Waals surface area contributed by atoms with Gasteiger partial charge in [-0.3, -0.25) is 9.78 Å². The lowest BCUT2D eigenvalue weighted by molar-refractivity contribution is -0.116. The SMILES string of the molecule is CC(CC(=O)Nc1ccncc1O)c1ccco1. The van der Waals surface area contributed by atoms with Crippen LogP contribution in [0.3, 0.4) is 0 Å². The van der Waals surface area contributed by atoms with E-state index in [1.165, 1.54) is 12.4 Å². The first-order chi connectivity index (χ1) is 8.66. The Morgan fingerprint density at radius 3 is 3.06 bits per heavy atom. The molecule has 1 amide bonds. The molecule has 1 unspecified atom stereocenters. The summed E-state index contributed by atoms with van der Waals surface area (Å²) in [7, 11) is 0. The molecule has 5 heteroatoms. The number of aromatic nitrogens is 1. The summed E-state index contributed by atoms with van der Waals surface area (Å²) in [6.07, 6.45) is 4.66. The second-order valence-corrected chi connectivity index (χ2v) is 4.06. The molecule has 1 atom stereocenters. The van der Waals surface area contributed by atoms with Crippen LogP contribution < -0.4 is 5.32 Å². The van der Waals surface area contributed by atoms with Crippen molar-refractivity contribution in [3.8, 4) is 5.75 Å². The number of hydrogen-bond acceptors (Lipinski definition) is 4. The van der Waals surface area contributed by atoms with Crippen molar-refractivity contribution in [2.24, 2.45) is 0 Å². The van der Waals surface area contributed by atoms with Crippen molar-refractivity contribution in [2.45, 2.75) is 19.3 Å². The maximum absolute atomic E-state index is 11.8. The Morgan fingerprint density at radius 1 is 1.56 bits per heavy atom. The van der Waals surface area contributed by atoms with Crippen molar-refractivity contribution >= 4 is 11.6 Å². The number of carbonyl (C=O) groups is 1. The number of anilines is 1. The Morgan fingerprint density at radius 2 is 2.39 bits per heavy atom. The van der Waals surface area contributed by atoms with Crippen LogP contribution in [0, 0.1) is 0 Å². The summed E-state index contributed by atoms with van der Waals surface area (Å²) in [5.74, 6) is 0.532. The van der Waals surface area contributed by atoms with Gasteiger partial charge in [-0.1, -0.05) is 6.92 Å². The van der Waals surface area contributed by atoms with E-state index in [0.29, 0.717) is 5.69 Å². The molecule has 94 valence electrons. The summed E-state index contributed by atoms with van der Waals surface area (Å²) < 4.78 is 5.23. The lowest BCUT2D eigenvalue weighted by Gasteiger charge is -2.10. The van der Waals surface area contributed by atoms with Gasteiger partial charge >= 0.3 is 0 Å². The highest BCUT2D eigenvalue weighted by atomic mass is 16.3. The number of furan rings is 1. The van der Waals surface area contributed by atoms with Crippen LogP contribution in [0.2, 0.25) is 0 Å². The number of rotatable bonds is 4. The summed E-state index contributed by atoms with van der Waals surface area (Å²) in [4.78, 5) is 15.5. The maximum Gasteiger partial charge on any atom is 0.225 e. The Bertz CT molecular complexity index is 523. The quantitative estimate of drug-likeness (QED) is 0.869. The molecule has 0 saturated heterocycles. The summed E-state index contributed by atoms with van der Waals surface area (Å²) >= 11 is 0. The zero-order valence-electron chi connectivity index (χ0n) is 9.96. The molecular formula is C13H14N2O3. The molecule has 5 nitrogen and oxygen atoms in total. The Hall–Kier alpha value is -2.30. The fraction of sp³-hybridized carbons (Fsp3) is 0.231. The minimum absolute atomic E-state index is 0.0102. The molecule has 2 heterocycles. The predicted octanol–water partition coefficient (Wildman–Crippen LogP) is 2.51. The molecule has 0 radical (unpaired) electrons. The topological polar surface area (TPSA) is 75.4 Å². The van der Waals surface area contributed by atoms with Crippen molar-refractivity contribution < 1.29 is 14.3 Å². The molecule has 0 spiro atoms. The first-order valence-electron chi connectivity index (χ1n) is 5.63. The van der Waals surface area contributed by atoms with Gasteiger partial charge in [0, 0.05) is 18.5 Å². The lowest BCUT2D eigenvalue weighted by atomic mass is 10.0. The minimum atomic E-state index is -0.180. The normalized spacial score (nSPS) is 12.1. The van der Waals surface area contributed by atoms with Gasteiger partial charge in [-0.05, 0) is 18.2 Å². The van der Waals surface area contributed by atoms with Crippen LogP contribution in [0.15, 0.2) is 41.3 Å². The van der Waals surface area contributed by atoms with Gasteiger partial charge in [0.1, 0.15) is 5.76 Å². The monoisotopic (exact) mass is 246 g/mol.